The van der Waals surface area contributed by atoms with Crippen molar-refractivity contribution in [3.05, 3.63) is 22.6 Å². The molecule has 0 aliphatic carbocycles. The van der Waals surface area contributed by atoms with Gasteiger partial charge in [-0.3, -0.25) is 4.79 Å². The fraction of sp³-hybridized carbons (Fsp3) is 0.500. The maximum atomic E-state index is 11.5. The SMILES string of the molecule is CCC(C)CNC(=O)c1ccoc1Br. The fourth-order valence-corrected chi connectivity index (χ4v) is 1.38. The summed E-state index contributed by atoms with van der Waals surface area (Å²) in [6.45, 7) is 4.90. The standard InChI is InChI=1S/C10H14BrNO2/c1-3-7(2)6-12-10(13)8-4-5-14-9(8)11/h4-5,7H,3,6H2,1-2H3,(H,12,13). The van der Waals surface area contributed by atoms with E-state index >= 15 is 0 Å². The monoisotopic (exact) mass is 259 g/mol. The maximum absolute atomic E-state index is 11.5. The molecule has 0 saturated carbocycles. The van der Waals surface area contributed by atoms with Gasteiger partial charge >= 0.3 is 0 Å². The molecule has 0 saturated heterocycles. The van der Waals surface area contributed by atoms with Gasteiger partial charge in [0, 0.05) is 6.54 Å². The predicted octanol–water partition coefficient (Wildman–Crippen LogP) is 2.82. The fourth-order valence-electron chi connectivity index (χ4n) is 0.962. The summed E-state index contributed by atoms with van der Waals surface area (Å²) in [5, 5.41) is 2.85. The number of carbonyl (C=O) groups is 1. The molecule has 1 aromatic heterocycles. The van der Waals surface area contributed by atoms with Gasteiger partial charge in [0.2, 0.25) is 0 Å². The van der Waals surface area contributed by atoms with Crippen LogP contribution in [-0.2, 0) is 0 Å². The Morgan fingerprint density at radius 1 is 1.71 bits per heavy atom. The van der Waals surface area contributed by atoms with Crippen LogP contribution in [0.5, 0.6) is 0 Å². The third kappa shape index (κ3) is 2.87. The second kappa shape index (κ2) is 5.20. The first-order chi connectivity index (χ1) is 6.65. The molecule has 0 aliphatic heterocycles. The lowest BCUT2D eigenvalue weighted by Gasteiger charge is -2.09. The minimum atomic E-state index is -0.0917. The Morgan fingerprint density at radius 3 is 2.93 bits per heavy atom. The van der Waals surface area contributed by atoms with Gasteiger partial charge < -0.3 is 9.73 Å². The minimum absolute atomic E-state index is 0.0917. The lowest BCUT2D eigenvalue weighted by Crippen LogP contribution is -2.27. The third-order valence-corrected chi connectivity index (χ3v) is 2.78. The number of amides is 1. The van der Waals surface area contributed by atoms with Gasteiger partial charge in [-0.1, -0.05) is 20.3 Å². The summed E-state index contributed by atoms with van der Waals surface area (Å²) in [5.41, 5.74) is 0.549. The molecule has 0 fully saturated rings. The van der Waals surface area contributed by atoms with E-state index in [2.05, 4.69) is 35.1 Å². The van der Waals surface area contributed by atoms with E-state index < -0.39 is 0 Å². The molecule has 1 heterocycles. The van der Waals surface area contributed by atoms with Crippen LogP contribution in [-0.4, -0.2) is 12.5 Å². The van der Waals surface area contributed by atoms with E-state index in [1.165, 1.54) is 6.26 Å². The van der Waals surface area contributed by atoms with Crippen LogP contribution in [0.3, 0.4) is 0 Å². The van der Waals surface area contributed by atoms with Crippen molar-refractivity contribution < 1.29 is 9.21 Å². The smallest absolute Gasteiger partial charge is 0.255 e. The van der Waals surface area contributed by atoms with E-state index in [0.717, 1.165) is 6.42 Å². The highest BCUT2D eigenvalue weighted by Crippen LogP contribution is 2.17. The zero-order valence-electron chi connectivity index (χ0n) is 8.34. The van der Waals surface area contributed by atoms with E-state index in [-0.39, 0.29) is 5.91 Å². The Kier molecular flexibility index (Phi) is 4.20. The molecule has 78 valence electrons. The van der Waals surface area contributed by atoms with Crippen LogP contribution in [0.25, 0.3) is 0 Å². The third-order valence-electron chi connectivity index (χ3n) is 2.17. The molecular formula is C10H14BrNO2. The predicted molar refractivity (Wildman–Crippen MR) is 58.2 cm³/mol. The van der Waals surface area contributed by atoms with E-state index in [4.69, 9.17) is 4.42 Å². The van der Waals surface area contributed by atoms with Crippen molar-refractivity contribution in [2.45, 2.75) is 20.3 Å². The van der Waals surface area contributed by atoms with Crippen molar-refractivity contribution in [1.82, 2.24) is 5.32 Å². The van der Waals surface area contributed by atoms with Crippen LogP contribution in [0.1, 0.15) is 30.6 Å². The molecule has 4 heteroatoms. The van der Waals surface area contributed by atoms with Crippen LogP contribution in [0.15, 0.2) is 21.4 Å². The lowest BCUT2D eigenvalue weighted by molar-refractivity contribution is 0.0946. The molecule has 1 aromatic rings. The van der Waals surface area contributed by atoms with Gasteiger partial charge in [0.05, 0.1) is 11.8 Å². The van der Waals surface area contributed by atoms with E-state index in [0.29, 0.717) is 22.7 Å². The van der Waals surface area contributed by atoms with Crippen molar-refractivity contribution >= 4 is 21.8 Å². The summed E-state index contributed by atoms with van der Waals surface area (Å²) in [4.78, 5) is 11.5. The zero-order valence-corrected chi connectivity index (χ0v) is 9.93. The second-order valence-corrected chi connectivity index (χ2v) is 4.05. The van der Waals surface area contributed by atoms with Crippen LogP contribution in [0, 0.1) is 5.92 Å². The molecule has 3 nitrogen and oxygen atoms in total. The summed E-state index contributed by atoms with van der Waals surface area (Å²) in [5.74, 6) is 0.413. The Hall–Kier alpha value is -0.770. The van der Waals surface area contributed by atoms with E-state index in [1.807, 2.05) is 0 Å². The Balaban J connectivity index is 2.47. The Morgan fingerprint density at radius 2 is 2.43 bits per heavy atom. The quantitative estimate of drug-likeness (QED) is 0.904. The second-order valence-electron chi connectivity index (χ2n) is 3.33. The largest absolute Gasteiger partial charge is 0.457 e. The van der Waals surface area contributed by atoms with E-state index in [9.17, 15) is 4.79 Å². The number of furan rings is 1. The zero-order chi connectivity index (χ0) is 10.6. The number of nitrogens with one attached hydrogen (secondary N) is 1. The number of hydrogen-bond acceptors (Lipinski definition) is 2. The molecule has 1 amide bonds. The molecule has 1 atom stereocenters. The first-order valence-electron chi connectivity index (χ1n) is 4.66. The van der Waals surface area contributed by atoms with Crippen LogP contribution in [0.4, 0.5) is 0 Å². The Labute approximate surface area is 92.0 Å². The van der Waals surface area contributed by atoms with Crippen molar-refractivity contribution in [2.75, 3.05) is 6.54 Å². The molecule has 0 spiro atoms. The van der Waals surface area contributed by atoms with Gasteiger partial charge in [0.1, 0.15) is 0 Å². The molecule has 0 radical (unpaired) electrons. The summed E-state index contributed by atoms with van der Waals surface area (Å²) >= 11 is 3.16. The molecule has 0 aliphatic rings. The molecule has 1 unspecified atom stereocenters. The molecule has 1 rings (SSSR count). The lowest BCUT2D eigenvalue weighted by atomic mass is 10.1. The van der Waals surface area contributed by atoms with E-state index in [1.54, 1.807) is 6.07 Å². The van der Waals surface area contributed by atoms with Crippen molar-refractivity contribution in [1.29, 1.82) is 0 Å². The topological polar surface area (TPSA) is 42.2 Å². The number of rotatable bonds is 4. The Bertz CT molecular complexity index is 309. The average molecular weight is 260 g/mol. The summed E-state index contributed by atoms with van der Waals surface area (Å²) < 4.78 is 5.46. The first kappa shape index (κ1) is 11.3. The van der Waals surface area contributed by atoms with Crippen molar-refractivity contribution in [3.63, 3.8) is 0 Å². The normalized spacial score (nSPS) is 12.5. The average Bonchev–Trinajstić information content (AvgIpc) is 2.60. The molecular weight excluding hydrogens is 246 g/mol. The summed E-state index contributed by atoms with van der Waals surface area (Å²) in [6, 6.07) is 1.65. The van der Waals surface area contributed by atoms with Gasteiger partial charge in [-0.25, -0.2) is 0 Å². The van der Waals surface area contributed by atoms with Crippen LogP contribution < -0.4 is 5.32 Å². The molecule has 14 heavy (non-hydrogen) atoms. The van der Waals surface area contributed by atoms with Gasteiger partial charge in [0.25, 0.3) is 5.91 Å². The van der Waals surface area contributed by atoms with Crippen LogP contribution in [0.2, 0.25) is 0 Å². The maximum Gasteiger partial charge on any atom is 0.255 e. The van der Waals surface area contributed by atoms with Gasteiger partial charge in [0.15, 0.2) is 4.67 Å². The van der Waals surface area contributed by atoms with Crippen molar-refractivity contribution in [3.8, 4) is 0 Å². The number of hydrogen-bond donors (Lipinski definition) is 1. The molecule has 0 aromatic carbocycles. The highest BCUT2D eigenvalue weighted by molar-refractivity contribution is 9.10. The number of halogens is 1. The van der Waals surface area contributed by atoms with Gasteiger partial charge in [-0.15, -0.1) is 0 Å². The summed E-state index contributed by atoms with van der Waals surface area (Å²) in [6.07, 6.45) is 2.55. The van der Waals surface area contributed by atoms with Crippen molar-refractivity contribution in [2.24, 2.45) is 5.92 Å². The highest BCUT2D eigenvalue weighted by Gasteiger charge is 2.12. The van der Waals surface area contributed by atoms with Gasteiger partial charge in [-0.2, -0.15) is 0 Å². The first-order valence-corrected chi connectivity index (χ1v) is 5.45. The highest BCUT2D eigenvalue weighted by atomic mass is 79.9. The van der Waals surface area contributed by atoms with Gasteiger partial charge in [-0.05, 0) is 27.9 Å². The number of carbonyl (C=O) groups excluding carboxylic acids is 1. The minimum Gasteiger partial charge on any atom is -0.457 e. The van der Waals surface area contributed by atoms with Crippen LogP contribution >= 0.6 is 15.9 Å². The molecule has 1 N–H and O–H groups in total. The summed E-state index contributed by atoms with van der Waals surface area (Å²) in [7, 11) is 0. The molecule has 0 bridgehead atoms.